The number of rotatable bonds is 8. The Morgan fingerprint density at radius 2 is 1.83 bits per heavy atom. The van der Waals surface area contributed by atoms with E-state index in [0.717, 1.165) is 18.0 Å². The molecule has 2 N–H and O–H groups in total. The smallest absolute Gasteiger partial charge is 0.309 e. The first kappa shape index (κ1) is 23.3. The molecule has 1 aliphatic rings. The summed E-state index contributed by atoms with van der Waals surface area (Å²) < 4.78 is 31.9. The van der Waals surface area contributed by atoms with Crippen LogP contribution in [0.25, 0.3) is 0 Å². The monoisotopic (exact) mass is 426 g/mol. The van der Waals surface area contributed by atoms with E-state index in [2.05, 4.69) is 5.32 Å². The van der Waals surface area contributed by atoms with E-state index >= 15 is 0 Å². The highest BCUT2D eigenvalue weighted by Gasteiger charge is 2.29. The summed E-state index contributed by atoms with van der Waals surface area (Å²) in [4.78, 5) is 25.4. The van der Waals surface area contributed by atoms with Gasteiger partial charge in [0.25, 0.3) is 5.91 Å². The van der Waals surface area contributed by atoms with Crippen LogP contribution in [0.15, 0.2) is 23.1 Å². The van der Waals surface area contributed by atoms with Gasteiger partial charge >= 0.3 is 5.97 Å². The molecule has 1 heterocycles. The average Bonchev–Trinajstić information content (AvgIpc) is 2.70. The first-order chi connectivity index (χ1) is 13.7. The van der Waals surface area contributed by atoms with Crippen molar-refractivity contribution in [2.75, 3.05) is 45.2 Å². The number of methoxy groups -OCH3 is 1. The summed E-state index contributed by atoms with van der Waals surface area (Å²) in [7, 11) is -2.21. The van der Waals surface area contributed by atoms with Crippen LogP contribution in [0.2, 0.25) is 0 Å². The Balaban J connectivity index is 2.02. The maximum absolute atomic E-state index is 12.9. The number of nitrogens with zero attached hydrogens (tertiary/aromatic N) is 1. The van der Waals surface area contributed by atoms with Gasteiger partial charge in [-0.2, -0.15) is 4.31 Å². The number of aryl methyl sites for hydroxylation is 1. The molecule has 0 saturated carbocycles. The molecule has 1 aromatic carbocycles. The van der Waals surface area contributed by atoms with E-state index in [1.165, 1.54) is 17.5 Å². The van der Waals surface area contributed by atoms with Crippen LogP contribution in [0.5, 0.6) is 0 Å². The molecule has 29 heavy (non-hydrogen) atoms. The zero-order valence-corrected chi connectivity index (χ0v) is 18.5. The number of hydrogen-bond acceptors (Lipinski definition) is 5. The minimum absolute atomic E-state index is 0.0863. The fourth-order valence-electron chi connectivity index (χ4n) is 3.70. The number of carbonyl (C=O) groups is 2. The number of amides is 1. The van der Waals surface area contributed by atoms with Gasteiger partial charge in [0.1, 0.15) is 0 Å². The van der Waals surface area contributed by atoms with E-state index in [0.29, 0.717) is 37.2 Å². The number of sulfonamides is 1. The number of nitrogens with one attached hydrogen (secondary N) is 2. The van der Waals surface area contributed by atoms with Crippen molar-refractivity contribution in [1.82, 2.24) is 4.31 Å². The molecule has 0 aromatic heterocycles. The minimum atomic E-state index is -3.60. The van der Waals surface area contributed by atoms with Gasteiger partial charge in [-0.25, -0.2) is 8.42 Å². The normalized spacial score (nSPS) is 19.8. The van der Waals surface area contributed by atoms with Crippen molar-refractivity contribution in [2.24, 2.45) is 5.92 Å². The van der Waals surface area contributed by atoms with Crippen LogP contribution in [-0.2, 0) is 24.3 Å². The van der Waals surface area contributed by atoms with Gasteiger partial charge < -0.3 is 15.0 Å². The van der Waals surface area contributed by atoms with Crippen molar-refractivity contribution in [3.05, 3.63) is 23.8 Å². The molecule has 1 aromatic rings. The van der Waals surface area contributed by atoms with E-state index in [9.17, 15) is 18.0 Å². The molecule has 9 heteroatoms. The second-order valence-corrected chi connectivity index (χ2v) is 9.25. The third-order valence-corrected chi connectivity index (χ3v) is 7.62. The molecule has 8 nitrogen and oxygen atoms in total. The predicted molar refractivity (Wildman–Crippen MR) is 110 cm³/mol. The van der Waals surface area contributed by atoms with Crippen molar-refractivity contribution in [2.45, 2.75) is 38.5 Å². The van der Waals surface area contributed by atoms with E-state index in [1.54, 1.807) is 32.9 Å². The van der Waals surface area contributed by atoms with Crippen molar-refractivity contribution < 1.29 is 27.6 Å². The second kappa shape index (κ2) is 10.2. The fourth-order valence-corrected chi connectivity index (χ4v) is 5.40. The molecule has 0 radical (unpaired) electrons. The molecule has 2 rings (SSSR count). The number of carbonyl (C=O) groups excluding carboxylic acids is 2. The molecule has 1 saturated heterocycles. The Hall–Kier alpha value is -1.97. The maximum Gasteiger partial charge on any atom is 0.309 e. The summed E-state index contributed by atoms with van der Waals surface area (Å²) in [5.41, 5.74) is 1.11. The number of likely N-dealkylation sites (tertiary alicyclic amines) is 1. The summed E-state index contributed by atoms with van der Waals surface area (Å²) in [6.07, 6.45) is 1.40. The summed E-state index contributed by atoms with van der Waals surface area (Å²) in [6.45, 7) is 7.85. The number of piperidine rings is 1. The summed E-state index contributed by atoms with van der Waals surface area (Å²) in [5, 5.41) is 2.81. The predicted octanol–water partition coefficient (Wildman–Crippen LogP) is 0.432. The highest BCUT2D eigenvalue weighted by Crippen LogP contribution is 2.23. The summed E-state index contributed by atoms with van der Waals surface area (Å²) in [6, 6.07) is 4.95. The van der Waals surface area contributed by atoms with Crippen molar-refractivity contribution >= 4 is 27.6 Å². The standard InChI is InChI=1S/C20H31N3O5S/c1-5-23(6-2)29(26,27)18-13-17(8-7-15(18)3)21-19(24)14-22-11-9-16(10-12-22)20(25)28-4/h7-8,13,16H,5-6,9-12,14H2,1-4H3,(H,21,24)/p+1. The first-order valence-electron chi connectivity index (χ1n) is 10.0. The topological polar surface area (TPSA) is 97.2 Å². The lowest BCUT2D eigenvalue weighted by atomic mass is 9.97. The zero-order valence-electron chi connectivity index (χ0n) is 17.7. The molecule has 0 bridgehead atoms. The Kier molecular flexibility index (Phi) is 8.18. The quantitative estimate of drug-likeness (QED) is 0.588. The third-order valence-electron chi connectivity index (χ3n) is 5.43. The van der Waals surface area contributed by atoms with Gasteiger partial charge in [0.2, 0.25) is 10.0 Å². The number of esters is 1. The lowest BCUT2D eigenvalue weighted by Crippen LogP contribution is -3.14. The lowest BCUT2D eigenvalue weighted by molar-refractivity contribution is -0.897. The van der Waals surface area contributed by atoms with Gasteiger partial charge in [-0.15, -0.1) is 0 Å². The molecular formula is C20H32N3O5S+. The SMILES string of the molecule is CCN(CC)S(=O)(=O)c1cc(NC(=O)C[NH+]2CCC(C(=O)OC)CC2)ccc1C. The molecule has 1 aliphatic heterocycles. The van der Waals surface area contributed by atoms with E-state index in [4.69, 9.17) is 4.74 Å². The molecular weight excluding hydrogens is 394 g/mol. The Morgan fingerprint density at radius 1 is 1.21 bits per heavy atom. The summed E-state index contributed by atoms with van der Waals surface area (Å²) in [5.74, 6) is -0.446. The van der Waals surface area contributed by atoms with Gasteiger partial charge in [-0.1, -0.05) is 19.9 Å². The van der Waals surface area contributed by atoms with Gasteiger partial charge in [0.05, 0.1) is 31.0 Å². The minimum Gasteiger partial charge on any atom is -0.469 e. The number of hydrogen-bond donors (Lipinski definition) is 2. The fraction of sp³-hybridized carbons (Fsp3) is 0.600. The van der Waals surface area contributed by atoms with E-state index in [-0.39, 0.29) is 29.2 Å². The van der Waals surface area contributed by atoms with Crippen LogP contribution < -0.4 is 10.2 Å². The maximum atomic E-state index is 12.9. The molecule has 0 unspecified atom stereocenters. The van der Waals surface area contributed by atoms with Crippen LogP contribution in [-0.4, -0.2) is 64.4 Å². The Bertz CT molecular complexity index is 829. The zero-order chi connectivity index (χ0) is 21.6. The molecule has 0 atom stereocenters. The van der Waals surface area contributed by atoms with Gasteiger partial charge in [0, 0.05) is 31.6 Å². The van der Waals surface area contributed by atoms with Crippen LogP contribution in [0.1, 0.15) is 32.3 Å². The van der Waals surface area contributed by atoms with Gasteiger partial charge in [-0.05, 0) is 24.6 Å². The van der Waals surface area contributed by atoms with E-state index in [1.807, 2.05) is 0 Å². The Morgan fingerprint density at radius 3 is 2.38 bits per heavy atom. The third kappa shape index (κ3) is 5.77. The summed E-state index contributed by atoms with van der Waals surface area (Å²) >= 11 is 0. The van der Waals surface area contributed by atoms with Crippen molar-refractivity contribution in [3.8, 4) is 0 Å². The molecule has 1 amide bonds. The van der Waals surface area contributed by atoms with Crippen LogP contribution in [0.4, 0.5) is 5.69 Å². The highest BCUT2D eigenvalue weighted by molar-refractivity contribution is 7.89. The largest absolute Gasteiger partial charge is 0.469 e. The van der Waals surface area contributed by atoms with E-state index < -0.39 is 10.0 Å². The van der Waals surface area contributed by atoms with Crippen LogP contribution >= 0.6 is 0 Å². The number of ether oxygens (including phenoxy) is 1. The van der Waals surface area contributed by atoms with Crippen molar-refractivity contribution in [1.29, 1.82) is 0 Å². The lowest BCUT2D eigenvalue weighted by Gasteiger charge is -2.27. The van der Waals surface area contributed by atoms with Crippen molar-refractivity contribution in [3.63, 3.8) is 0 Å². The number of quaternary nitrogens is 1. The second-order valence-electron chi connectivity index (χ2n) is 7.34. The van der Waals surface area contributed by atoms with Crippen LogP contribution in [0, 0.1) is 12.8 Å². The van der Waals surface area contributed by atoms with Crippen LogP contribution in [0.3, 0.4) is 0 Å². The van der Waals surface area contributed by atoms with Gasteiger partial charge in [-0.3, -0.25) is 9.59 Å². The molecule has 0 spiro atoms. The Labute approximate surface area is 173 Å². The molecule has 0 aliphatic carbocycles. The number of benzene rings is 1. The highest BCUT2D eigenvalue weighted by atomic mass is 32.2. The van der Waals surface area contributed by atoms with Gasteiger partial charge in [0.15, 0.2) is 6.54 Å². The molecule has 162 valence electrons. The molecule has 1 fully saturated rings. The average molecular weight is 427 g/mol. The number of anilines is 1. The first-order valence-corrected chi connectivity index (χ1v) is 11.5.